The maximum atomic E-state index is 5.26. The summed E-state index contributed by atoms with van der Waals surface area (Å²) < 4.78 is 9.40. The number of imidazole rings is 2. The number of para-hydroxylation sites is 2. The van der Waals surface area contributed by atoms with E-state index in [9.17, 15) is 0 Å². The Kier molecular flexibility index (Phi) is 3.04. The third kappa shape index (κ3) is 2.14. The molecule has 0 amide bonds. The van der Waals surface area contributed by atoms with E-state index in [4.69, 9.17) is 9.51 Å². The van der Waals surface area contributed by atoms with Gasteiger partial charge >= 0.3 is 0 Å². The summed E-state index contributed by atoms with van der Waals surface area (Å²) >= 11 is 0. The standard InChI is InChI=1S/C17H17N5O/c1-11-13(12(2)23-20-11)10-22-9-8-18-16(22)17-19-14-6-4-5-7-15(14)21(17)3/h4-9H,10H2,1-3H3. The average molecular weight is 307 g/mol. The molecular weight excluding hydrogens is 290 g/mol. The summed E-state index contributed by atoms with van der Waals surface area (Å²) in [4.78, 5) is 9.24. The Morgan fingerprint density at radius 2 is 1.96 bits per heavy atom. The van der Waals surface area contributed by atoms with Crippen LogP contribution >= 0.6 is 0 Å². The number of aromatic nitrogens is 5. The maximum absolute atomic E-state index is 5.26. The summed E-state index contributed by atoms with van der Waals surface area (Å²) in [6.45, 7) is 4.55. The van der Waals surface area contributed by atoms with Gasteiger partial charge in [0.05, 0.1) is 23.3 Å². The van der Waals surface area contributed by atoms with Gasteiger partial charge in [0.2, 0.25) is 0 Å². The number of rotatable bonds is 3. The molecule has 0 bridgehead atoms. The van der Waals surface area contributed by atoms with Crippen LogP contribution in [-0.4, -0.2) is 24.3 Å². The molecule has 3 aromatic heterocycles. The van der Waals surface area contributed by atoms with Gasteiger partial charge in [-0.25, -0.2) is 9.97 Å². The average Bonchev–Trinajstić information content (AvgIpc) is 3.22. The minimum absolute atomic E-state index is 0.666. The zero-order valence-electron chi connectivity index (χ0n) is 13.3. The fourth-order valence-corrected chi connectivity index (χ4v) is 2.89. The van der Waals surface area contributed by atoms with Crippen molar-refractivity contribution < 1.29 is 4.52 Å². The molecule has 23 heavy (non-hydrogen) atoms. The highest BCUT2D eigenvalue weighted by atomic mass is 16.5. The molecule has 0 radical (unpaired) electrons. The quantitative estimate of drug-likeness (QED) is 0.583. The van der Waals surface area contributed by atoms with E-state index in [0.29, 0.717) is 6.54 Å². The van der Waals surface area contributed by atoms with Crippen molar-refractivity contribution in [1.29, 1.82) is 0 Å². The molecule has 116 valence electrons. The smallest absolute Gasteiger partial charge is 0.177 e. The van der Waals surface area contributed by atoms with Gasteiger partial charge in [-0.2, -0.15) is 0 Å². The van der Waals surface area contributed by atoms with Crippen LogP contribution in [-0.2, 0) is 13.6 Å². The molecule has 0 aliphatic heterocycles. The van der Waals surface area contributed by atoms with E-state index >= 15 is 0 Å². The second kappa shape index (κ2) is 5.08. The van der Waals surface area contributed by atoms with Gasteiger partial charge in [-0.3, -0.25) is 0 Å². The molecule has 0 spiro atoms. The maximum Gasteiger partial charge on any atom is 0.177 e. The van der Waals surface area contributed by atoms with Crippen molar-refractivity contribution in [2.45, 2.75) is 20.4 Å². The van der Waals surface area contributed by atoms with Gasteiger partial charge in [0, 0.05) is 25.0 Å². The lowest BCUT2D eigenvalue weighted by Gasteiger charge is -2.07. The zero-order chi connectivity index (χ0) is 16.0. The summed E-state index contributed by atoms with van der Waals surface area (Å²) in [6.07, 6.45) is 3.76. The molecule has 0 atom stereocenters. The predicted octanol–water partition coefficient (Wildman–Crippen LogP) is 3.09. The molecule has 0 fully saturated rings. The van der Waals surface area contributed by atoms with Crippen LogP contribution < -0.4 is 0 Å². The molecule has 6 heteroatoms. The van der Waals surface area contributed by atoms with Crippen LogP contribution in [0.5, 0.6) is 0 Å². The first kappa shape index (κ1) is 13.8. The number of hydrogen-bond acceptors (Lipinski definition) is 4. The lowest BCUT2D eigenvalue weighted by atomic mass is 10.2. The molecule has 4 aromatic rings. The van der Waals surface area contributed by atoms with Gasteiger partial charge in [0.15, 0.2) is 11.6 Å². The molecule has 0 N–H and O–H groups in total. The SMILES string of the molecule is Cc1noc(C)c1Cn1ccnc1-c1nc2ccccc2n1C. The lowest BCUT2D eigenvalue weighted by molar-refractivity contribution is 0.392. The topological polar surface area (TPSA) is 61.7 Å². The second-order valence-electron chi connectivity index (χ2n) is 5.66. The predicted molar refractivity (Wildman–Crippen MR) is 87.0 cm³/mol. The van der Waals surface area contributed by atoms with Crippen LogP contribution in [0.25, 0.3) is 22.7 Å². The second-order valence-corrected chi connectivity index (χ2v) is 5.66. The third-order valence-electron chi connectivity index (χ3n) is 4.21. The molecule has 0 saturated carbocycles. The van der Waals surface area contributed by atoms with E-state index in [1.54, 1.807) is 6.20 Å². The van der Waals surface area contributed by atoms with Crippen molar-refractivity contribution in [3.63, 3.8) is 0 Å². The Bertz CT molecular complexity index is 972. The number of fused-ring (bicyclic) bond motifs is 1. The van der Waals surface area contributed by atoms with Gasteiger partial charge < -0.3 is 13.7 Å². The van der Waals surface area contributed by atoms with Gasteiger partial charge in [-0.15, -0.1) is 0 Å². The Morgan fingerprint density at radius 3 is 2.70 bits per heavy atom. The van der Waals surface area contributed by atoms with Crippen LogP contribution in [0.15, 0.2) is 41.2 Å². The first-order valence-corrected chi connectivity index (χ1v) is 7.50. The van der Waals surface area contributed by atoms with E-state index in [2.05, 4.69) is 25.3 Å². The van der Waals surface area contributed by atoms with Gasteiger partial charge in [0.25, 0.3) is 0 Å². The van der Waals surface area contributed by atoms with E-state index in [1.165, 1.54) is 0 Å². The molecule has 0 unspecified atom stereocenters. The van der Waals surface area contributed by atoms with Gasteiger partial charge in [-0.05, 0) is 26.0 Å². The highest BCUT2D eigenvalue weighted by molar-refractivity contribution is 5.79. The van der Waals surface area contributed by atoms with E-state index in [0.717, 1.165) is 39.7 Å². The summed E-state index contributed by atoms with van der Waals surface area (Å²) in [5.41, 5.74) is 4.06. The van der Waals surface area contributed by atoms with Crippen LogP contribution in [0.4, 0.5) is 0 Å². The van der Waals surface area contributed by atoms with E-state index in [1.807, 2.05) is 45.3 Å². The van der Waals surface area contributed by atoms with E-state index < -0.39 is 0 Å². The summed E-state index contributed by atoms with van der Waals surface area (Å²) in [5.74, 6) is 2.53. The molecule has 0 saturated heterocycles. The van der Waals surface area contributed by atoms with E-state index in [-0.39, 0.29) is 0 Å². The van der Waals surface area contributed by atoms with Crippen molar-refractivity contribution in [2.75, 3.05) is 0 Å². The largest absolute Gasteiger partial charge is 0.361 e. The summed E-state index contributed by atoms with van der Waals surface area (Å²) in [5, 5.41) is 4.02. The van der Waals surface area contributed by atoms with Gasteiger partial charge in [0.1, 0.15) is 5.76 Å². The molecular formula is C17H17N5O. The molecule has 6 nitrogen and oxygen atoms in total. The molecule has 0 aliphatic carbocycles. The Labute approximate surface area is 133 Å². The first-order valence-electron chi connectivity index (χ1n) is 7.50. The van der Waals surface area contributed by atoms with Crippen molar-refractivity contribution in [3.8, 4) is 11.6 Å². The van der Waals surface area contributed by atoms with Crippen LogP contribution in [0.3, 0.4) is 0 Å². The fourth-order valence-electron chi connectivity index (χ4n) is 2.89. The van der Waals surface area contributed by atoms with Crippen LogP contribution in [0.2, 0.25) is 0 Å². The van der Waals surface area contributed by atoms with Crippen molar-refractivity contribution in [3.05, 3.63) is 53.7 Å². The van der Waals surface area contributed by atoms with Crippen LogP contribution in [0, 0.1) is 13.8 Å². The number of nitrogens with zero attached hydrogens (tertiary/aromatic N) is 5. The molecule has 3 heterocycles. The number of aryl methyl sites for hydroxylation is 3. The highest BCUT2D eigenvalue weighted by Gasteiger charge is 2.17. The van der Waals surface area contributed by atoms with Crippen LogP contribution in [0.1, 0.15) is 17.0 Å². The third-order valence-corrected chi connectivity index (χ3v) is 4.21. The Morgan fingerprint density at radius 1 is 1.13 bits per heavy atom. The molecule has 1 aromatic carbocycles. The van der Waals surface area contributed by atoms with Crippen molar-refractivity contribution in [2.24, 2.45) is 7.05 Å². The zero-order valence-corrected chi connectivity index (χ0v) is 13.3. The summed E-state index contributed by atoms with van der Waals surface area (Å²) in [7, 11) is 2.01. The van der Waals surface area contributed by atoms with Crippen molar-refractivity contribution in [1.82, 2.24) is 24.3 Å². The number of benzene rings is 1. The Balaban J connectivity index is 1.81. The van der Waals surface area contributed by atoms with Gasteiger partial charge in [-0.1, -0.05) is 17.3 Å². The lowest BCUT2D eigenvalue weighted by Crippen LogP contribution is -2.05. The first-order chi connectivity index (χ1) is 11.1. The monoisotopic (exact) mass is 307 g/mol. The normalized spacial score (nSPS) is 11.4. The Hall–Kier alpha value is -2.89. The van der Waals surface area contributed by atoms with Crippen molar-refractivity contribution >= 4 is 11.0 Å². The summed E-state index contributed by atoms with van der Waals surface area (Å²) in [6, 6.07) is 8.09. The molecule has 4 rings (SSSR count). The minimum Gasteiger partial charge on any atom is -0.361 e. The fraction of sp³-hybridized carbons (Fsp3) is 0.235. The number of hydrogen-bond donors (Lipinski definition) is 0. The molecule has 0 aliphatic rings. The minimum atomic E-state index is 0.666. The highest BCUT2D eigenvalue weighted by Crippen LogP contribution is 2.24.